The second kappa shape index (κ2) is 3.14. The summed E-state index contributed by atoms with van der Waals surface area (Å²) in [5, 5.41) is 0. The zero-order valence-corrected chi connectivity index (χ0v) is 8.57. The fourth-order valence-electron chi connectivity index (χ4n) is 1.26. The van der Waals surface area contributed by atoms with Gasteiger partial charge in [0.15, 0.2) is 0 Å². The Hall–Kier alpha value is 0.160. The van der Waals surface area contributed by atoms with Gasteiger partial charge < -0.3 is 4.74 Å². The van der Waals surface area contributed by atoms with Crippen LogP contribution >= 0.6 is 10.7 Å². The first-order valence-corrected chi connectivity index (χ1v) is 5.98. The van der Waals surface area contributed by atoms with E-state index in [0.29, 0.717) is 13.0 Å². The second-order valence-corrected chi connectivity index (χ2v) is 5.68. The monoisotopic (exact) mass is 213 g/mol. The average molecular weight is 214 g/mol. The Morgan fingerprint density at radius 3 is 2.50 bits per heavy atom. The lowest BCUT2D eigenvalue weighted by Crippen LogP contribution is -2.44. The number of rotatable bonds is 2. The summed E-state index contributed by atoms with van der Waals surface area (Å²) in [7, 11) is 1.41. The Morgan fingerprint density at radius 2 is 2.17 bits per heavy atom. The summed E-state index contributed by atoms with van der Waals surface area (Å²) >= 11 is 0. The van der Waals surface area contributed by atoms with Crippen LogP contribution in [0.1, 0.15) is 20.3 Å². The minimum Gasteiger partial charge on any atom is -0.374 e. The topological polar surface area (TPSA) is 55.4 Å². The molecule has 1 atom stereocenters. The van der Waals surface area contributed by atoms with E-state index in [9.17, 15) is 8.42 Å². The molecule has 0 radical (unpaired) electrons. The van der Waals surface area contributed by atoms with E-state index in [1.807, 2.05) is 13.8 Å². The van der Waals surface area contributed by atoms with Gasteiger partial charge in [0.05, 0.1) is 11.6 Å². The molecule has 1 saturated heterocycles. The lowest BCUT2D eigenvalue weighted by atomic mass is 10.0. The van der Waals surface area contributed by atoms with Gasteiger partial charge >= 0.3 is 0 Å². The Labute approximate surface area is 76.8 Å². The largest absolute Gasteiger partial charge is 0.374 e. The van der Waals surface area contributed by atoms with Crippen LogP contribution < -0.4 is 4.72 Å². The number of hydrogen-bond acceptors (Lipinski definition) is 3. The van der Waals surface area contributed by atoms with Crippen LogP contribution in [0, 0.1) is 0 Å². The van der Waals surface area contributed by atoms with Crippen molar-refractivity contribution in [1.82, 2.24) is 4.72 Å². The summed E-state index contributed by atoms with van der Waals surface area (Å²) in [6, 6.07) is -0.222. The van der Waals surface area contributed by atoms with Crippen molar-refractivity contribution < 1.29 is 13.2 Å². The molecule has 72 valence electrons. The summed E-state index contributed by atoms with van der Waals surface area (Å²) in [5.74, 6) is 0. The Balaban J connectivity index is 2.65. The summed E-state index contributed by atoms with van der Waals surface area (Å²) in [4.78, 5) is 0. The van der Waals surface area contributed by atoms with E-state index < -0.39 is 14.8 Å². The SMILES string of the molecule is CC1(C)OCCC1NS(=O)(=O)Cl. The van der Waals surface area contributed by atoms with Crippen LogP contribution in [0.15, 0.2) is 0 Å². The van der Waals surface area contributed by atoms with Gasteiger partial charge in [-0.1, -0.05) is 0 Å². The van der Waals surface area contributed by atoms with E-state index in [1.54, 1.807) is 0 Å². The lowest BCUT2D eigenvalue weighted by molar-refractivity contribution is 0.0257. The van der Waals surface area contributed by atoms with E-state index >= 15 is 0 Å². The van der Waals surface area contributed by atoms with Gasteiger partial charge in [0, 0.05) is 17.3 Å². The van der Waals surface area contributed by atoms with Crippen molar-refractivity contribution in [2.45, 2.75) is 31.9 Å². The van der Waals surface area contributed by atoms with Crippen molar-refractivity contribution in [1.29, 1.82) is 0 Å². The highest BCUT2D eigenvalue weighted by molar-refractivity contribution is 8.12. The highest BCUT2D eigenvalue weighted by Gasteiger charge is 2.37. The maximum Gasteiger partial charge on any atom is 0.297 e. The van der Waals surface area contributed by atoms with Crippen LogP contribution in [0.25, 0.3) is 0 Å². The average Bonchev–Trinajstić information content (AvgIpc) is 2.07. The second-order valence-electron chi connectivity index (χ2n) is 3.35. The molecule has 0 spiro atoms. The normalized spacial score (nSPS) is 29.1. The molecule has 0 aliphatic carbocycles. The van der Waals surface area contributed by atoms with Gasteiger partial charge in [-0.25, -0.2) is 0 Å². The zero-order chi connectivity index (χ0) is 9.41. The molecular formula is C6H12ClNO3S. The fraction of sp³-hybridized carbons (Fsp3) is 1.00. The van der Waals surface area contributed by atoms with Crippen molar-refractivity contribution in [2.75, 3.05) is 6.61 Å². The smallest absolute Gasteiger partial charge is 0.297 e. The Kier molecular flexibility index (Phi) is 2.68. The highest BCUT2D eigenvalue weighted by Crippen LogP contribution is 2.25. The van der Waals surface area contributed by atoms with Crippen molar-refractivity contribution >= 4 is 19.9 Å². The lowest BCUT2D eigenvalue weighted by Gasteiger charge is -2.24. The molecule has 0 aromatic heterocycles. The molecule has 1 unspecified atom stereocenters. The Morgan fingerprint density at radius 1 is 1.58 bits per heavy atom. The summed E-state index contributed by atoms with van der Waals surface area (Å²) in [6.07, 6.45) is 0.666. The first-order valence-electron chi connectivity index (χ1n) is 3.67. The number of nitrogens with one attached hydrogen (secondary N) is 1. The molecule has 12 heavy (non-hydrogen) atoms. The van der Waals surface area contributed by atoms with E-state index in [4.69, 9.17) is 15.4 Å². The molecule has 0 aromatic rings. The van der Waals surface area contributed by atoms with Gasteiger partial charge in [0.1, 0.15) is 0 Å². The first kappa shape index (κ1) is 10.2. The fourth-order valence-corrected chi connectivity index (χ4v) is 2.32. The van der Waals surface area contributed by atoms with Gasteiger partial charge in [-0.3, -0.25) is 0 Å². The summed E-state index contributed by atoms with van der Waals surface area (Å²) < 4.78 is 29.0. The van der Waals surface area contributed by atoms with Gasteiger partial charge in [-0.05, 0) is 20.3 Å². The van der Waals surface area contributed by atoms with Gasteiger partial charge in [-0.15, -0.1) is 0 Å². The number of halogens is 1. The molecule has 1 heterocycles. The van der Waals surface area contributed by atoms with E-state index in [2.05, 4.69) is 4.72 Å². The van der Waals surface area contributed by atoms with Crippen LogP contribution in [-0.4, -0.2) is 26.7 Å². The quantitative estimate of drug-likeness (QED) is 0.685. The van der Waals surface area contributed by atoms with Crippen molar-refractivity contribution in [3.05, 3.63) is 0 Å². The molecule has 1 aliphatic rings. The van der Waals surface area contributed by atoms with Crippen LogP contribution in [0.3, 0.4) is 0 Å². The maximum absolute atomic E-state index is 10.7. The molecule has 0 saturated carbocycles. The van der Waals surface area contributed by atoms with Crippen LogP contribution in [-0.2, 0) is 14.0 Å². The first-order chi connectivity index (χ1) is 5.31. The third-order valence-corrected chi connectivity index (χ3v) is 2.84. The molecule has 1 rings (SSSR count). The van der Waals surface area contributed by atoms with Gasteiger partial charge in [0.2, 0.25) is 0 Å². The zero-order valence-electron chi connectivity index (χ0n) is 7.00. The molecule has 1 aliphatic heterocycles. The van der Waals surface area contributed by atoms with Crippen molar-refractivity contribution in [3.63, 3.8) is 0 Å². The predicted octanol–water partition coefficient (Wildman–Crippen LogP) is 0.627. The third kappa shape index (κ3) is 2.58. The van der Waals surface area contributed by atoms with E-state index in [1.165, 1.54) is 0 Å². The minimum atomic E-state index is -3.64. The van der Waals surface area contributed by atoms with Gasteiger partial charge in [0.25, 0.3) is 9.24 Å². The number of ether oxygens (including phenoxy) is 1. The molecule has 0 amide bonds. The summed E-state index contributed by atoms with van der Waals surface area (Å²) in [5.41, 5.74) is -0.456. The van der Waals surface area contributed by atoms with Gasteiger partial charge in [-0.2, -0.15) is 13.1 Å². The van der Waals surface area contributed by atoms with Crippen LogP contribution in [0.4, 0.5) is 0 Å². The highest BCUT2D eigenvalue weighted by atomic mass is 35.7. The van der Waals surface area contributed by atoms with Crippen LogP contribution in [0.2, 0.25) is 0 Å². The number of hydrogen-bond donors (Lipinski definition) is 1. The van der Waals surface area contributed by atoms with Crippen molar-refractivity contribution in [3.8, 4) is 0 Å². The minimum absolute atomic E-state index is 0.222. The molecule has 4 nitrogen and oxygen atoms in total. The predicted molar refractivity (Wildman–Crippen MR) is 46.3 cm³/mol. The standard InChI is InChI=1S/C6H12ClNO3S/c1-6(2)5(3-4-11-6)8-12(7,9)10/h5,8H,3-4H2,1-2H3. The molecule has 6 heteroatoms. The van der Waals surface area contributed by atoms with E-state index in [0.717, 1.165) is 0 Å². The molecule has 1 fully saturated rings. The molecule has 1 N–H and O–H groups in total. The van der Waals surface area contributed by atoms with E-state index in [-0.39, 0.29) is 6.04 Å². The third-order valence-electron chi connectivity index (χ3n) is 2.00. The molecule has 0 bridgehead atoms. The van der Waals surface area contributed by atoms with Crippen LogP contribution in [0.5, 0.6) is 0 Å². The maximum atomic E-state index is 10.7. The summed E-state index contributed by atoms with van der Waals surface area (Å²) in [6.45, 7) is 4.23. The Bertz CT molecular complexity index is 262. The molecule has 0 aromatic carbocycles. The molecular weight excluding hydrogens is 202 g/mol. The van der Waals surface area contributed by atoms with Crippen molar-refractivity contribution in [2.24, 2.45) is 0 Å².